The van der Waals surface area contributed by atoms with Gasteiger partial charge in [-0.25, -0.2) is 12.8 Å². The monoisotopic (exact) mass is 286 g/mol. The number of carbonyl (C=O) groups excluding carboxylic acids is 1. The van der Waals surface area contributed by atoms with Crippen molar-refractivity contribution in [2.75, 3.05) is 16.8 Å². The van der Waals surface area contributed by atoms with Gasteiger partial charge in [0.1, 0.15) is 11.1 Å². The molecule has 0 saturated carbocycles. The Morgan fingerprint density at radius 1 is 1.37 bits per heavy atom. The Balaban J connectivity index is 2.14. The molecule has 1 aliphatic heterocycles. The third-order valence-electron chi connectivity index (χ3n) is 3.14. The van der Waals surface area contributed by atoms with Crippen molar-refractivity contribution >= 4 is 27.1 Å². The summed E-state index contributed by atoms with van der Waals surface area (Å²) in [6.07, 6.45) is 1.60. The predicted molar refractivity (Wildman–Crippen MR) is 70.9 cm³/mol. The van der Waals surface area contributed by atoms with Crippen molar-refractivity contribution in [2.45, 2.75) is 24.5 Å². The van der Waals surface area contributed by atoms with Gasteiger partial charge in [-0.2, -0.15) is 0 Å². The Hall–Kier alpha value is -1.63. The van der Waals surface area contributed by atoms with E-state index in [4.69, 9.17) is 5.73 Å². The number of rotatable bonds is 2. The molecule has 0 aliphatic carbocycles. The lowest BCUT2D eigenvalue weighted by Gasteiger charge is -2.21. The maximum absolute atomic E-state index is 13.2. The molecular weight excluding hydrogens is 271 g/mol. The summed E-state index contributed by atoms with van der Waals surface area (Å²) in [6, 6.07) is 3.83. The predicted octanol–water partition coefficient (Wildman–Crippen LogP) is 1.31. The second-order valence-electron chi connectivity index (χ2n) is 4.58. The van der Waals surface area contributed by atoms with E-state index in [1.54, 1.807) is 0 Å². The number of hydrogen-bond acceptors (Lipinski definition) is 4. The molecule has 1 aromatic rings. The molecule has 1 unspecified atom stereocenters. The zero-order chi connectivity index (χ0) is 14.0. The molecule has 0 spiro atoms. The van der Waals surface area contributed by atoms with Crippen LogP contribution in [0, 0.1) is 5.82 Å². The highest BCUT2D eigenvalue weighted by molar-refractivity contribution is 7.92. The lowest BCUT2D eigenvalue weighted by Crippen LogP contribution is -2.39. The maximum atomic E-state index is 13.2. The van der Waals surface area contributed by atoms with E-state index in [0.717, 1.165) is 6.07 Å². The first kappa shape index (κ1) is 13.8. The number of halogens is 1. The molecule has 0 bridgehead atoms. The second kappa shape index (κ2) is 5.16. The summed E-state index contributed by atoms with van der Waals surface area (Å²) >= 11 is 0. The summed E-state index contributed by atoms with van der Waals surface area (Å²) in [5.41, 5.74) is 5.50. The van der Waals surface area contributed by atoms with Crippen molar-refractivity contribution in [3.63, 3.8) is 0 Å². The average molecular weight is 286 g/mol. The summed E-state index contributed by atoms with van der Waals surface area (Å²) in [4.78, 5) is 11.9. The van der Waals surface area contributed by atoms with Crippen LogP contribution in [0.4, 0.5) is 15.8 Å². The number of amides is 1. The van der Waals surface area contributed by atoms with E-state index >= 15 is 0 Å². The van der Waals surface area contributed by atoms with E-state index in [1.165, 1.54) is 12.1 Å². The Bertz CT molecular complexity index is 601. The van der Waals surface area contributed by atoms with Crippen molar-refractivity contribution < 1.29 is 17.6 Å². The highest BCUT2D eigenvalue weighted by atomic mass is 32.2. The number of anilines is 2. The Morgan fingerprint density at radius 2 is 2.11 bits per heavy atom. The lowest BCUT2D eigenvalue weighted by atomic mass is 10.1. The van der Waals surface area contributed by atoms with Crippen molar-refractivity contribution in [3.05, 3.63) is 24.0 Å². The number of carbonyl (C=O) groups is 1. The van der Waals surface area contributed by atoms with E-state index in [-0.39, 0.29) is 17.1 Å². The highest BCUT2D eigenvalue weighted by Gasteiger charge is 2.34. The van der Waals surface area contributed by atoms with Crippen molar-refractivity contribution in [1.29, 1.82) is 0 Å². The van der Waals surface area contributed by atoms with E-state index < -0.39 is 26.8 Å². The molecule has 1 aromatic carbocycles. The highest BCUT2D eigenvalue weighted by Crippen LogP contribution is 2.22. The first-order valence-corrected chi connectivity index (χ1v) is 7.69. The molecule has 7 heteroatoms. The largest absolute Gasteiger partial charge is 0.396 e. The molecule has 5 nitrogen and oxygen atoms in total. The van der Waals surface area contributed by atoms with E-state index in [1.807, 2.05) is 0 Å². The third kappa shape index (κ3) is 3.04. The molecule has 0 aromatic heterocycles. The standard InChI is InChI=1S/C12H15FN2O3S/c13-9-7-8(4-5-10(9)14)15-12(16)11-3-1-2-6-19(11,17)18/h4-5,7,11H,1-3,6,14H2,(H,15,16). The summed E-state index contributed by atoms with van der Waals surface area (Å²) in [5, 5.41) is 1.38. The van der Waals surface area contributed by atoms with E-state index in [0.29, 0.717) is 19.3 Å². The normalized spacial score (nSPS) is 21.8. The van der Waals surface area contributed by atoms with Crippen LogP contribution in [0.15, 0.2) is 18.2 Å². The average Bonchev–Trinajstić information content (AvgIpc) is 2.33. The Labute approximate surface area is 110 Å². The number of nitrogen functional groups attached to an aromatic ring is 1. The Morgan fingerprint density at radius 3 is 2.74 bits per heavy atom. The minimum atomic E-state index is -3.39. The molecule has 0 radical (unpaired) electrons. The summed E-state index contributed by atoms with van der Waals surface area (Å²) < 4.78 is 36.8. The number of sulfone groups is 1. The zero-order valence-corrected chi connectivity index (χ0v) is 11.0. The number of nitrogens with one attached hydrogen (secondary N) is 1. The first-order chi connectivity index (χ1) is 8.90. The molecular formula is C12H15FN2O3S. The van der Waals surface area contributed by atoms with Gasteiger partial charge in [0.25, 0.3) is 0 Å². The summed E-state index contributed by atoms with van der Waals surface area (Å²) in [5.74, 6) is -1.23. The zero-order valence-electron chi connectivity index (χ0n) is 10.2. The molecule has 19 heavy (non-hydrogen) atoms. The quantitative estimate of drug-likeness (QED) is 0.802. The molecule has 1 atom stereocenters. The van der Waals surface area contributed by atoms with Gasteiger partial charge in [-0.15, -0.1) is 0 Å². The molecule has 2 rings (SSSR count). The van der Waals surface area contributed by atoms with Crippen LogP contribution in [0.5, 0.6) is 0 Å². The minimum absolute atomic E-state index is 0.0247. The van der Waals surface area contributed by atoms with Crippen LogP contribution in [0.25, 0.3) is 0 Å². The second-order valence-corrected chi connectivity index (χ2v) is 6.88. The van der Waals surface area contributed by atoms with Gasteiger partial charge in [0.2, 0.25) is 5.91 Å². The van der Waals surface area contributed by atoms with Gasteiger partial charge in [0, 0.05) is 5.69 Å². The number of hydrogen-bond donors (Lipinski definition) is 2. The van der Waals surface area contributed by atoms with Crippen LogP contribution in [0.1, 0.15) is 19.3 Å². The van der Waals surface area contributed by atoms with Crippen molar-refractivity contribution in [3.8, 4) is 0 Å². The van der Waals surface area contributed by atoms with Crippen molar-refractivity contribution in [1.82, 2.24) is 0 Å². The van der Waals surface area contributed by atoms with E-state index in [9.17, 15) is 17.6 Å². The molecule has 1 saturated heterocycles. The molecule has 1 amide bonds. The van der Waals surface area contributed by atoms with Crippen LogP contribution in [0.2, 0.25) is 0 Å². The van der Waals surface area contributed by atoms with Crippen LogP contribution >= 0.6 is 0 Å². The van der Waals surface area contributed by atoms with Gasteiger partial charge in [-0.05, 0) is 31.0 Å². The van der Waals surface area contributed by atoms with Gasteiger partial charge in [0.15, 0.2) is 9.84 Å². The lowest BCUT2D eigenvalue weighted by molar-refractivity contribution is -0.116. The van der Waals surface area contributed by atoms with Gasteiger partial charge in [-0.3, -0.25) is 4.79 Å². The summed E-state index contributed by atoms with van der Waals surface area (Å²) in [7, 11) is -3.39. The SMILES string of the molecule is Nc1ccc(NC(=O)C2CCCCS2(=O)=O)cc1F. The van der Waals surface area contributed by atoms with Crippen LogP contribution in [-0.4, -0.2) is 25.3 Å². The molecule has 3 N–H and O–H groups in total. The smallest absolute Gasteiger partial charge is 0.242 e. The molecule has 1 heterocycles. The molecule has 1 fully saturated rings. The van der Waals surface area contributed by atoms with Gasteiger partial charge in [0.05, 0.1) is 11.4 Å². The molecule has 1 aliphatic rings. The van der Waals surface area contributed by atoms with Crippen LogP contribution < -0.4 is 11.1 Å². The fourth-order valence-electron chi connectivity index (χ4n) is 2.08. The third-order valence-corrected chi connectivity index (χ3v) is 5.31. The maximum Gasteiger partial charge on any atom is 0.242 e. The van der Waals surface area contributed by atoms with Gasteiger partial charge in [-0.1, -0.05) is 6.42 Å². The number of nitrogens with two attached hydrogens (primary N) is 1. The fourth-order valence-corrected chi connectivity index (χ4v) is 3.88. The summed E-state index contributed by atoms with van der Waals surface area (Å²) in [6.45, 7) is 0. The van der Waals surface area contributed by atoms with E-state index in [2.05, 4.69) is 5.32 Å². The fraction of sp³-hybridized carbons (Fsp3) is 0.417. The minimum Gasteiger partial charge on any atom is -0.396 e. The van der Waals surface area contributed by atoms with Crippen LogP contribution in [-0.2, 0) is 14.6 Å². The number of benzene rings is 1. The van der Waals surface area contributed by atoms with Gasteiger partial charge < -0.3 is 11.1 Å². The first-order valence-electron chi connectivity index (χ1n) is 5.97. The topological polar surface area (TPSA) is 89.3 Å². The van der Waals surface area contributed by atoms with Gasteiger partial charge >= 0.3 is 0 Å². The van der Waals surface area contributed by atoms with Crippen molar-refractivity contribution in [2.24, 2.45) is 0 Å². The Kier molecular flexibility index (Phi) is 3.75. The van der Waals surface area contributed by atoms with Crippen LogP contribution in [0.3, 0.4) is 0 Å². The molecule has 104 valence electrons.